The number of carbonyl (C=O) groups excluding carboxylic acids is 1. The Bertz CT molecular complexity index is 1750. The number of hydrogen-bond acceptors (Lipinski definition) is 18. The zero-order chi connectivity index (χ0) is 68.2. The molecule has 556 valence electrons. The Hall–Kier alpha value is -1.47. The largest absolute Gasteiger partial charge is 0.394 e. The molecule has 0 bridgehead atoms. The molecule has 0 aromatic rings. The van der Waals surface area contributed by atoms with Gasteiger partial charge in [-0.05, 0) is 19.3 Å². The second-order valence-corrected chi connectivity index (χ2v) is 28.2. The van der Waals surface area contributed by atoms with Crippen LogP contribution in [0.4, 0.5) is 0 Å². The highest BCUT2D eigenvalue weighted by Crippen LogP contribution is 2.33. The van der Waals surface area contributed by atoms with Crippen LogP contribution in [0, 0.1) is 0 Å². The van der Waals surface area contributed by atoms with Crippen molar-refractivity contribution in [2.45, 2.75) is 433 Å². The number of carbonyl (C=O) groups is 1. The molecule has 12 N–H and O–H groups in total. The van der Waals surface area contributed by atoms with E-state index in [2.05, 4.69) is 19.2 Å². The van der Waals surface area contributed by atoms with Gasteiger partial charge in [-0.25, -0.2) is 0 Å². The molecule has 94 heavy (non-hydrogen) atoms. The van der Waals surface area contributed by atoms with Crippen molar-refractivity contribution in [1.82, 2.24) is 5.32 Å². The lowest BCUT2D eigenvalue weighted by molar-refractivity contribution is -0.379. The second-order valence-electron chi connectivity index (χ2n) is 28.2. The first-order valence-corrected chi connectivity index (χ1v) is 38.9. The summed E-state index contributed by atoms with van der Waals surface area (Å²) in [6.07, 6.45) is 40.1. The molecular formula is C75H143NO18. The van der Waals surface area contributed by atoms with Crippen molar-refractivity contribution in [1.29, 1.82) is 0 Å². The summed E-state index contributed by atoms with van der Waals surface area (Å²) < 4.78 is 34.3. The molecule has 0 aromatic carbocycles. The summed E-state index contributed by atoms with van der Waals surface area (Å²) in [5.74, 6) is -0.272. The van der Waals surface area contributed by atoms with Gasteiger partial charge in [0.2, 0.25) is 5.91 Å². The average molecular weight is 1350 g/mol. The molecule has 17 atom stereocenters. The molecule has 3 heterocycles. The van der Waals surface area contributed by atoms with E-state index in [-0.39, 0.29) is 18.9 Å². The molecule has 17 unspecified atom stereocenters. The molecule has 3 fully saturated rings. The average Bonchev–Trinajstić information content (AvgIpc) is 0.791. The molecule has 0 aromatic heterocycles. The van der Waals surface area contributed by atoms with E-state index in [1.54, 1.807) is 6.08 Å². The molecule has 3 aliphatic heterocycles. The summed E-state index contributed by atoms with van der Waals surface area (Å²) in [6.45, 7) is 1.71. The fourth-order valence-electron chi connectivity index (χ4n) is 13.5. The third-order valence-electron chi connectivity index (χ3n) is 19.8. The second kappa shape index (κ2) is 57.2. The van der Waals surface area contributed by atoms with Crippen molar-refractivity contribution in [3.05, 3.63) is 12.2 Å². The van der Waals surface area contributed by atoms with Gasteiger partial charge in [0.25, 0.3) is 0 Å². The smallest absolute Gasteiger partial charge is 0.220 e. The van der Waals surface area contributed by atoms with Gasteiger partial charge in [0.15, 0.2) is 18.9 Å². The van der Waals surface area contributed by atoms with Crippen LogP contribution in [0.15, 0.2) is 12.2 Å². The summed E-state index contributed by atoms with van der Waals surface area (Å²) in [7, 11) is 0. The minimum absolute atomic E-state index is 0.249. The molecule has 3 rings (SSSR count). The van der Waals surface area contributed by atoms with Gasteiger partial charge >= 0.3 is 0 Å². The monoisotopic (exact) mass is 1350 g/mol. The molecule has 19 heteroatoms. The van der Waals surface area contributed by atoms with Crippen LogP contribution >= 0.6 is 0 Å². The standard InChI is InChI=1S/C75H143NO18/c1-3-5-7-9-11-13-14-15-16-17-18-19-20-21-22-23-24-25-26-27-28-29-30-31-32-33-34-35-36-37-38-39-40-41-42-43-44-45-47-49-51-53-63(81)76-58(59(80)52-50-48-46-12-10-8-6-4-2)57-89-73-69(87)66(84)71(61(55-78)91-73)94-75-70(88)67(85)72(62(56-79)92-75)93-74-68(86)65(83)64(82)60(54-77)90-74/h50,52,58-62,64-75,77-80,82-88H,3-49,51,53-57H2,1-2H3,(H,76,81)/b52-50+. The normalized spacial score (nSPS) is 27.4. The number of aliphatic hydroxyl groups excluding tert-OH is 11. The van der Waals surface area contributed by atoms with E-state index in [4.69, 9.17) is 28.4 Å². The maximum atomic E-state index is 13.3. The van der Waals surface area contributed by atoms with Crippen molar-refractivity contribution in [2.75, 3.05) is 26.4 Å². The van der Waals surface area contributed by atoms with E-state index in [1.807, 2.05) is 6.08 Å². The number of aliphatic hydroxyl groups is 11. The molecule has 3 saturated heterocycles. The Morgan fingerprint density at radius 2 is 0.660 bits per heavy atom. The van der Waals surface area contributed by atoms with Crippen molar-refractivity contribution in [2.24, 2.45) is 0 Å². The van der Waals surface area contributed by atoms with Crippen LogP contribution in [0.5, 0.6) is 0 Å². The number of rotatable bonds is 62. The van der Waals surface area contributed by atoms with Crippen LogP contribution in [-0.4, -0.2) is 193 Å². The molecule has 1 amide bonds. The highest BCUT2D eigenvalue weighted by Gasteiger charge is 2.53. The number of hydrogen-bond donors (Lipinski definition) is 12. The molecule has 0 radical (unpaired) electrons. The first-order chi connectivity index (χ1) is 45.8. The van der Waals surface area contributed by atoms with Crippen molar-refractivity contribution in [3.63, 3.8) is 0 Å². The van der Waals surface area contributed by atoms with Crippen LogP contribution in [0.2, 0.25) is 0 Å². The van der Waals surface area contributed by atoms with Crippen molar-refractivity contribution in [3.8, 4) is 0 Å². The van der Waals surface area contributed by atoms with Gasteiger partial charge in [-0.3, -0.25) is 4.79 Å². The fraction of sp³-hybridized carbons (Fsp3) is 0.960. The van der Waals surface area contributed by atoms with Crippen LogP contribution in [0.1, 0.15) is 328 Å². The van der Waals surface area contributed by atoms with E-state index in [0.717, 1.165) is 51.4 Å². The Balaban J connectivity index is 1.21. The van der Waals surface area contributed by atoms with E-state index < -0.39 is 124 Å². The van der Waals surface area contributed by atoms with Crippen LogP contribution in [0.3, 0.4) is 0 Å². The Labute approximate surface area is 569 Å². The van der Waals surface area contributed by atoms with Crippen LogP contribution in [0.25, 0.3) is 0 Å². The van der Waals surface area contributed by atoms with Gasteiger partial charge in [-0.1, -0.05) is 315 Å². The first-order valence-electron chi connectivity index (χ1n) is 38.9. The molecule has 0 saturated carbocycles. The van der Waals surface area contributed by atoms with E-state index in [0.29, 0.717) is 6.42 Å². The number of nitrogens with one attached hydrogen (secondary N) is 1. The maximum absolute atomic E-state index is 13.3. The minimum Gasteiger partial charge on any atom is -0.394 e. The lowest BCUT2D eigenvalue weighted by Gasteiger charge is -2.48. The summed E-state index contributed by atoms with van der Waals surface area (Å²) in [6, 6.07) is -0.967. The minimum atomic E-state index is -1.97. The molecule has 19 nitrogen and oxygen atoms in total. The number of allylic oxidation sites excluding steroid dienone is 1. The van der Waals surface area contributed by atoms with E-state index in [9.17, 15) is 61.0 Å². The zero-order valence-electron chi connectivity index (χ0n) is 59.2. The van der Waals surface area contributed by atoms with Gasteiger partial charge in [-0.2, -0.15) is 0 Å². The SMILES string of the molecule is CCCCCCCC/C=C/C(O)C(COC1OC(CO)C(OC2OC(CO)C(OC3OC(CO)C(O)C(O)C3O)C(O)C2O)C(O)C1O)NC(=O)CCCCCCCCCCCCCCCCCCCCCCCCCCCCCCCCCCCCCCCCCCC. The molecule has 0 spiro atoms. The quantitative estimate of drug-likeness (QED) is 0.0199. The highest BCUT2D eigenvalue weighted by atomic mass is 16.8. The van der Waals surface area contributed by atoms with Crippen LogP contribution < -0.4 is 5.32 Å². The predicted octanol–water partition coefficient (Wildman–Crippen LogP) is 12.0. The lowest BCUT2D eigenvalue weighted by Crippen LogP contribution is -2.66. The molecule has 3 aliphatic rings. The third-order valence-corrected chi connectivity index (χ3v) is 19.8. The van der Waals surface area contributed by atoms with Crippen LogP contribution in [-0.2, 0) is 33.2 Å². The van der Waals surface area contributed by atoms with E-state index in [1.165, 1.54) is 250 Å². The number of ether oxygens (including phenoxy) is 6. The van der Waals surface area contributed by atoms with Gasteiger partial charge in [0.05, 0.1) is 38.6 Å². The number of unbranched alkanes of at least 4 members (excludes halogenated alkanes) is 46. The zero-order valence-corrected chi connectivity index (χ0v) is 59.2. The maximum Gasteiger partial charge on any atom is 0.220 e. The summed E-state index contributed by atoms with van der Waals surface area (Å²) in [4.78, 5) is 13.3. The Morgan fingerprint density at radius 3 is 1.00 bits per heavy atom. The first kappa shape index (κ1) is 86.8. The van der Waals surface area contributed by atoms with Gasteiger partial charge in [-0.15, -0.1) is 0 Å². The van der Waals surface area contributed by atoms with Gasteiger partial charge in [0.1, 0.15) is 73.2 Å². The highest BCUT2D eigenvalue weighted by molar-refractivity contribution is 5.76. The molecular weight excluding hydrogens is 1200 g/mol. The molecule has 0 aliphatic carbocycles. The van der Waals surface area contributed by atoms with E-state index >= 15 is 0 Å². The van der Waals surface area contributed by atoms with Gasteiger partial charge < -0.3 is 89.9 Å². The predicted molar refractivity (Wildman–Crippen MR) is 370 cm³/mol. The number of amides is 1. The lowest BCUT2D eigenvalue weighted by atomic mass is 9.96. The van der Waals surface area contributed by atoms with Crippen molar-refractivity contribution >= 4 is 5.91 Å². The summed E-state index contributed by atoms with van der Waals surface area (Å²) in [5.41, 5.74) is 0. The van der Waals surface area contributed by atoms with Crippen molar-refractivity contribution < 1.29 is 89.4 Å². The fourth-order valence-corrected chi connectivity index (χ4v) is 13.5. The van der Waals surface area contributed by atoms with Gasteiger partial charge in [0, 0.05) is 6.42 Å². The topological polar surface area (TPSA) is 307 Å². The summed E-state index contributed by atoms with van der Waals surface area (Å²) in [5, 5.41) is 120. The summed E-state index contributed by atoms with van der Waals surface area (Å²) >= 11 is 0. The Kier molecular flexibility index (Phi) is 52.8. The Morgan fingerprint density at radius 1 is 0.372 bits per heavy atom. The third kappa shape index (κ3) is 37.8.